The van der Waals surface area contributed by atoms with Gasteiger partial charge in [0.05, 0.1) is 25.8 Å². The van der Waals surface area contributed by atoms with E-state index < -0.39 is 0 Å². The van der Waals surface area contributed by atoms with E-state index in [1.807, 2.05) is 32.0 Å². The van der Waals surface area contributed by atoms with Crippen LogP contribution in [-0.4, -0.2) is 24.9 Å². The number of methoxy groups -OCH3 is 2. The first-order chi connectivity index (χ1) is 9.49. The van der Waals surface area contributed by atoms with Crippen LogP contribution >= 0.6 is 0 Å². The maximum Gasteiger partial charge on any atom is 0.297 e. The van der Waals surface area contributed by atoms with Gasteiger partial charge in [0.1, 0.15) is 5.75 Å². The molecule has 1 aromatic carbocycles. The van der Waals surface area contributed by atoms with Crippen molar-refractivity contribution in [3.8, 4) is 17.2 Å². The fourth-order valence-electron chi connectivity index (χ4n) is 2.12. The highest BCUT2D eigenvalue weighted by molar-refractivity contribution is 5.89. The van der Waals surface area contributed by atoms with E-state index in [0.717, 1.165) is 10.9 Å². The summed E-state index contributed by atoms with van der Waals surface area (Å²) in [6.45, 7) is 3.82. The molecular weight excluding hydrogens is 258 g/mol. The fourth-order valence-corrected chi connectivity index (χ4v) is 2.12. The van der Waals surface area contributed by atoms with Crippen LogP contribution in [0, 0.1) is 0 Å². The molecule has 0 fully saturated rings. The van der Waals surface area contributed by atoms with Crippen LogP contribution in [0.3, 0.4) is 0 Å². The molecule has 0 bridgehead atoms. The molecule has 5 heteroatoms. The van der Waals surface area contributed by atoms with E-state index in [9.17, 15) is 4.79 Å². The minimum Gasteiger partial charge on any atom is -0.497 e. The van der Waals surface area contributed by atoms with Crippen molar-refractivity contribution in [1.82, 2.24) is 4.57 Å². The zero-order valence-corrected chi connectivity index (χ0v) is 12.4. The van der Waals surface area contributed by atoms with Gasteiger partial charge in [0.25, 0.3) is 5.56 Å². The molecule has 0 N–H and O–H groups in total. The summed E-state index contributed by atoms with van der Waals surface area (Å²) in [5, 5.41) is 0.818. The lowest BCUT2D eigenvalue weighted by molar-refractivity contribution is 0.232. The van der Waals surface area contributed by atoms with Crippen molar-refractivity contribution in [2.75, 3.05) is 14.2 Å². The summed E-state index contributed by atoms with van der Waals surface area (Å²) in [5.74, 6) is 1.38. The van der Waals surface area contributed by atoms with Crippen LogP contribution < -0.4 is 19.8 Å². The van der Waals surface area contributed by atoms with Crippen molar-refractivity contribution in [2.45, 2.75) is 20.0 Å². The summed E-state index contributed by atoms with van der Waals surface area (Å²) in [6, 6.07) is 5.51. The van der Waals surface area contributed by atoms with Crippen molar-refractivity contribution in [2.24, 2.45) is 7.05 Å². The second-order valence-electron chi connectivity index (χ2n) is 4.78. The van der Waals surface area contributed by atoms with Gasteiger partial charge >= 0.3 is 0 Å². The van der Waals surface area contributed by atoms with E-state index in [0.29, 0.717) is 11.5 Å². The predicted molar refractivity (Wildman–Crippen MR) is 78.1 cm³/mol. The third kappa shape index (κ3) is 2.31. The molecular formula is C15H19NO4. The number of aryl methyl sites for hydroxylation is 1. The maximum atomic E-state index is 12.3. The van der Waals surface area contributed by atoms with Crippen LogP contribution in [0.15, 0.2) is 23.0 Å². The molecule has 2 aromatic rings. The third-order valence-corrected chi connectivity index (χ3v) is 3.07. The number of aromatic nitrogens is 1. The maximum absolute atomic E-state index is 12.3. The van der Waals surface area contributed by atoms with E-state index >= 15 is 0 Å². The largest absolute Gasteiger partial charge is 0.497 e. The monoisotopic (exact) mass is 277 g/mol. The minimum atomic E-state index is -0.232. The molecule has 1 heterocycles. The summed E-state index contributed by atoms with van der Waals surface area (Å²) >= 11 is 0. The molecule has 0 unspecified atom stereocenters. The number of nitrogens with zero attached hydrogens (tertiary/aromatic N) is 1. The number of benzene rings is 1. The molecule has 0 aliphatic heterocycles. The van der Waals surface area contributed by atoms with Gasteiger partial charge in [-0.2, -0.15) is 0 Å². The van der Waals surface area contributed by atoms with Gasteiger partial charge in [-0.25, -0.2) is 0 Å². The molecule has 0 saturated carbocycles. The Morgan fingerprint density at radius 1 is 1.10 bits per heavy atom. The van der Waals surface area contributed by atoms with Gasteiger partial charge in [-0.05, 0) is 26.0 Å². The third-order valence-electron chi connectivity index (χ3n) is 3.07. The first-order valence-electron chi connectivity index (χ1n) is 6.41. The van der Waals surface area contributed by atoms with Gasteiger partial charge < -0.3 is 18.8 Å². The molecule has 20 heavy (non-hydrogen) atoms. The van der Waals surface area contributed by atoms with E-state index in [1.54, 1.807) is 14.2 Å². The molecule has 5 nitrogen and oxygen atoms in total. The number of hydrogen-bond acceptors (Lipinski definition) is 4. The average Bonchev–Trinajstić information content (AvgIpc) is 2.44. The van der Waals surface area contributed by atoms with Gasteiger partial charge in [-0.15, -0.1) is 0 Å². The van der Waals surface area contributed by atoms with Crippen molar-refractivity contribution in [1.29, 1.82) is 0 Å². The summed E-state index contributed by atoms with van der Waals surface area (Å²) in [4.78, 5) is 12.3. The molecule has 0 saturated heterocycles. The van der Waals surface area contributed by atoms with E-state index in [4.69, 9.17) is 14.2 Å². The summed E-state index contributed by atoms with van der Waals surface area (Å²) < 4.78 is 17.8. The summed E-state index contributed by atoms with van der Waals surface area (Å²) in [5.41, 5.74) is 0.509. The van der Waals surface area contributed by atoms with E-state index in [2.05, 4.69) is 0 Å². The highest BCUT2D eigenvalue weighted by Crippen LogP contribution is 2.34. The molecule has 108 valence electrons. The lowest BCUT2D eigenvalue weighted by Crippen LogP contribution is -2.21. The van der Waals surface area contributed by atoms with Crippen molar-refractivity contribution in [3.05, 3.63) is 28.6 Å². The van der Waals surface area contributed by atoms with E-state index in [-0.39, 0.29) is 17.4 Å². The Morgan fingerprint density at radius 3 is 2.35 bits per heavy atom. The van der Waals surface area contributed by atoms with Gasteiger partial charge in [-0.1, -0.05) is 0 Å². The first kappa shape index (κ1) is 14.2. The summed E-state index contributed by atoms with van der Waals surface area (Å²) in [6.07, 6.45) is -0.0543. The first-order valence-corrected chi connectivity index (χ1v) is 6.41. The average molecular weight is 277 g/mol. The Balaban J connectivity index is 2.86. The lowest BCUT2D eigenvalue weighted by atomic mass is 10.1. The molecule has 1 aromatic heterocycles. The van der Waals surface area contributed by atoms with Crippen LogP contribution in [-0.2, 0) is 7.05 Å². The van der Waals surface area contributed by atoms with Gasteiger partial charge in [-0.3, -0.25) is 4.79 Å². The molecule has 2 rings (SSSR count). The molecule has 0 aliphatic carbocycles. The number of fused-ring (bicyclic) bond motifs is 1. The summed E-state index contributed by atoms with van der Waals surface area (Å²) in [7, 11) is 4.76. The van der Waals surface area contributed by atoms with Crippen molar-refractivity contribution < 1.29 is 14.2 Å². The lowest BCUT2D eigenvalue weighted by Gasteiger charge is -2.17. The Morgan fingerprint density at radius 2 is 1.80 bits per heavy atom. The Hall–Kier alpha value is -2.17. The van der Waals surface area contributed by atoms with Crippen LogP contribution in [0.25, 0.3) is 10.9 Å². The minimum absolute atomic E-state index is 0.0543. The highest BCUT2D eigenvalue weighted by atomic mass is 16.5. The topological polar surface area (TPSA) is 49.7 Å². The van der Waals surface area contributed by atoms with E-state index in [1.165, 1.54) is 11.7 Å². The Bertz CT molecular complexity index is 688. The quantitative estimate of drug-likeness (QED) is 0.860. The van der Waals surface area contributed by atoms with Crippen LogP contribution in [0.4, 0.5) is 0 Å². The standard InChI is InChI=1S/C15H19NO4/c1-9(2)20-13-11-7-6-10(18-4)8-12(11)16(3)15(17)14(13)19-5/h6-9H,1-5H3. The van der Waals surface area contributed by atoms with Gasteiger partial charge in [0, 0.05) is 18.5 Å². The zero-order chi connectivity index (χ0) is 14.9. The number of hydrogen-bond donors (Lipinski definition) is 0. The second kappa shape index (κ2) is 5.45. The predicted octanol–water partition coefficient (Wildman–Crippen LogP) is 2.34. The number of rotatable bonds is 4. The van der Waals surface area contributed by atoms with Crippen LogP contribution in [0.1, 0.15) is 13.8 Å². The molecule has 0 amide bonds. The zero-order valence-electron chi connectivity index (χ0n) is 12.4. The van der Waals surface area contributed by atoms with Gasteiger partial charge in [0.2, 0.25) is 5.75 Å². The molecule has 0 spiro atoms. The SMILES string of the molecule is COc1ccc2c(OC(C)C)c(OC)c(=O)n(C)c2c1. The Labute approximate surface area is 117 Å². The van der Waals surface area contributed by atoms with Crippen LogP contribution in [0.2, 0.25) is 0 Å². The normalized spacial score (nSPS) is 10.9. The molecule has 0 radical (unpaired) electrons. The molecule has 0 aliphatic rings. The second-order valence-corrected chi connectivity index (χ2v) is 4.78. The highest BCUT2D eigenvalue weighted by Gasteiger charge is 2.18. The number of pyridine rings is 1. The van der Waals surface area contributed by atoms with Crippen molar-refractivity contribution in [3.63, 3.8) is 0 Å². The Kier molecular flexibility index (Phi) is 3.88. The number of ether oxygens (including phenoxy) is 3. The van der Waals surface area contributed by atoms with Gasteiger partial charge in [0.15, 0.2) is 5.75 Å². The van der Waals surface area contributed by atoms with Crippen LogP contribution in [0.5, 0.6) is 17.2 Å². The van der Waals surface area contributed by atoms with Crippen molar-refractivity contribution >= 4 is 10.9 Å². The smallest absolute Gasteiger partial charge is 0.297 e. The fraction of sp³-hybridized carbons (Fsp3) is 0.400. The molecule has 0 atom stereocenters.